The van der Waals surface area contributed by atoms with E-state index in [4.69, 9.17) is 18.9 Å². The lowest BCUT2D eigenvalue weighted by Crippen LogP contribution is -2.65. The summed E-state index contributed by atoms with van der Waals surface area (Å²) < 4.78 is 23.4. The third-order valence-corrected chi connectivity index (χ3v) is 8.82. The molecule has 0 saturated heterocycles. The number of ketones is 1. The van der Waals surface area contributed by atoms with Gasteiger partial charge >= 0.3 is 23.9 Å². The molecule has 0 unspecified atom stereocenters. The van der Waals surface area contributed by atoms with Gasteiger partial charge in [-0.1, -0.05) is 32.1 Å². The van der Waals surface area contributed by atoms with Gasteiger partial charge in [-0.2, -0.15) is 0 Å². The highest BCUT2D eigenvalue weighted by Gasteiger charge is 2.78. The number of Topliss-reactive ketones (excluding diaryl/α,β-unsaturated/α-hetero) is 1. The summed E-state index contributed by atoms with van der Waals surface area (Å²) in [6.07, 6.45) is -0.607. The molecule has 0 heterocycles. The van der Waals surface area contributed by atoms with Crippen molar-refractivity contribution in [2.75, 3.05) is 6.61 Å². The molecule has 11 nitrogen and oxygen atoms in total. The number of ether oxygens (including phenoxy) is 4. The van der Waals surface area contributed by atoms with Gasteiger partial charge in [0.15, 0.2) is 5.60 Å². The molecule has 0 aliphatic heterocycles. The first-order valence-electron chi connectivity index (χ1n) is 14.0. The summed E-state index contributed by atoms with van der Waals surface area (Å²) >= 11 is 0. The van der Waals surface area contributed by atoms with Crippen LogP contribution in [0.3, 0.4) is 0 Å². The largest absolute Gasteiger partial charge is 0.462 e. The van der Waals surface area contributed by atoms with Gasteiger partial charge < -0.3 is 29.2 Å². The number of hydrogen-bond donors (Lipinski definition) is 2. The SMILES string of the molecule is C=C(C)[C@@H]1C=C[C@H](OC(C)=O)[C@]2(CO)[C@@H](OC(=O)CCC)[C@@H]3[C@H](OC(C)=O)[C@H](C)C[C@@]3(OC(C)=O)C(=O)[C@](C)(O)[C@@H]12. The van der Waals surface area contributed by atoms with E-state index in [0.29, 0.717) is 12.0 Å². The molecule has 10 atom stereocenters. The second kappa shape index (κ2) is 11.7. The van der Waals surface area contributed by atoms with E-state index in [2.05, 4.69) is 6.58 Å². The van der Waals surface area contributed by atoms with Gasteiger partial charge in [0.25, 0.3) is 0 Å². The summed E-state index contributed by atoms with van der Waals surface area (Å²) in [4.78, 5) is 65.3. The molecule has 0 aromatic carbocycles. The van der Waals surface area contributed by atoms with Gasteiger partial charge in [-0.15, -0.1) is 0 Å². The fourth-order valence-electron chi connectivity index (χ4n) is 7.58. The first kappa shape index (κ1) is 32.5. The lowest BCUT2D eigenvalue weighted by atomic mass is 9.53. The Balaban J connectivity index is 2.54. The average Bonchev–Trinajstić information content (AvgIpc) is 3.09. The Morgan fingerprint density at radius 1 is 1.02 bits per heavy atom. The highest BCUT2D eigenvalue weighted by Crippen LogP contribution is 2.63. The zero-order valence-electron chi connectivity index (χ0n) is 24.8. The van der Waals surface area contributed by atoms with E-state index in [1.54, 1.807) is 26.8 Å². The standard InChI is InChI=1S/C30H42O11/c1-9-10-22(35)40-26-23-24(39-18(6)33)16(4)13-30(23,41-19(7)34)27(36)28(8,37)25-20(15(2)3)11-12-21(38-17(5)32)29(25,26)14-31/h11-12,16,20-21,23-26,31,37H,2,9-10,13-14H2,1,3-8H3/t16-,20+,21+,23+,24-,25-,26+,28-,29+,30+/m1/s1. The molecule has 0 amide bonds. The van der Waals surface area contributed by atoms with Crippen molar-refractivity contribution in [2.45, 2.75) is 97.2 Å². The van der Waals surface area contributed by atoms with Crippen LogP contribution in [0.4, 0.5) is 0 Å². The Bertz CT molecular complexity index is 1140. The van der Waals surface area contributed by atoms with Crippen molar-refractivity contribution in [3.8, 4) is 0 Å². The van der Waals surface area contributed by atoms with Crippen LogP contribution < -0.4 is 0 Å². The summed E-state index contributed by atoms with van der Waals surface area (Å²) in [6.45, 7) is 13.0. The number of aliphatic hydroxyl groups is 2. The minimum atomic E-state index is -2.35. The van der Waals surface area contributed by atoms with E-state index in [9.17, 15) is 34.2 Å². The molecule has 0 aromatic rings. The molecule has 0 bridgehead atoms. The van der Waals surface area contributed by atoms with Crippen LogP contribution in [0.1, 0.15) is 67.7 Å². The quantitative estimate of drug-likeness (QED) is 0.247. The fraction of sp³-hybridized carbons (Fsp3) is 0.700. The number of allylic oxidation sites excluding steroid dienone is 2. The molecule has 2 saturated carbocycles. The third-order valence-electron chi connectivity index (χ3n) is 8.82. The van der Waals surface area contributed by atoms with E-state index in [1.165, 1.54) is 26.8 Å². The average molecular weight is 579 g/mol. The summed E-state index contributed by atoms with van der Waals surface area (Å²) in [7, 11) is 0. The van der Waals surface area contributed by atoms with Gasteiger partial charge in [0, 0.05) is 45.4 Å². The van der Waals surface area contributed by atoms with Crippen molar-refractivity contribution >= 4 is 29.7 Å². The summed E-state index contributed by atoms with van der Waals surface area (Å²) in [5.41, 5.74) is -5.82. The first-order chi connectivity index (χ1) is 19.0. The van der Waals surface area contributed by atoms with E-state index < -0.39 is 94.9 Å². The molecule has 0 aromatic heterocycles. The van der Waals surface area contributed by atoms with Gasteiger partial charge in [-0.3, -0.25) is 24.0 Å². The number of rotatable bonds is 8. The zero-order valence-corrected chi connectivity index (χ0v) is 24.8. The van der Waals surface area contributed by atoms with Crippen LogP contribution in [-0.2, 0) is 42.9 Å². The lowest BCUT2D eigenvalue weighted by Gasteiger charge is -2.55. The number of fused-ring (bicyclic) bond motifs is 2. The second-order valence-corrected chi connectivity index (χ2v) is 11.9. The van der Waals surface area contributed by atoms with Gasteiger partial charge in [-0.25, -0.2) is 0 Å². The Morgan fingerprint density at radius 2 is 1.63 bits per heavy atom. The minimum Gasteiger partial charge on any atom is -0.462 e. The third kappa shape index (κ3) is 5.34. The normalized spacial score (nSPS) is 39.5. The maximum Gasteiger partial charge on any atom is 0.306 e. The Kier molecular flexibility index (Phi) is 9.25. The van der Waals surface area contributed by atoms with Gasteiger partial charge in [0.1, 0.15) is 23.9 Å². The molecule has 2 fully saturated rings. The van der Waals surface area contributed by atoms with Gasteiger partial charge in [0.05, 0.1) is 17.9 Å². The van der Waals surface area contributed by atoms with Crippen molar-refractivity contribution < 1.29 is 53.1 Å². The molecular formula is C30H42O11. The smallest absolute Gasteiger partial charge is 0.306 e. The molecule has 228 valence electrons. The summed E-state index contributed by atoms with van der Waals surface area (Å²) in [5, 5.41) is 23.7. The summed E-state index contributed by atoms with van der Waals surface area (Å²) in [5.74, 6) is -7.87. The van der Waals surface area contributed by atoms with Crippen LogP contribution in [0.15, 0.2) is 24.3 Å². The molecule has 0 spiro atoms. The molecule has 3 aliphatic carbocycles. The van der Waals surface area contributed by atoms with Crippen molar-refractivity contribution in [1.82, 2.24) is 0 Å². The number of carbonyl (C=O) groups excluding carboxylic acids is 5. The number of esters is 4. The molecule has 3 aliphatic rings. The predicted molar refractivity (Wildman–Crippen MR) is 144 cm³/mol. The van der Waals surface area contributed by atoms with Gasteiger partial charge in [-0.05, 0) is 32.3 Å². The monoisotopic (exact) mass is 578 g/mol. The van der Waals surface area contributed by atoms with Crippen molar-refractivity contribution in [2.24, 2.45) is 29.1 Å². The highest BCUT2D eigenvalue weighted by atomic mass is 16.6. The van der Waals surface area contributed by atoms with Crippen molar-refractivity contribution in [3.05, 3.63) is 24.3 Å². The second-order valence-electron chi connectivity index (χ2n) is 11.9. The van der Waals surface area contributed by atoms with E-state index in [-0.39, 0.29) is 12.8 Å². The Labute approximate surface area is 240 Å². The Hall–Kier alpha value is -3.05. The van der Waals surface area contributed by atoms with Crippen LogP contribution in [0, 0.1) is 29.1 Å². The highest BCUT2D eigenvalue weighted by molar-refractivity contribution is 5.98. The van der Waals surface area contributed by atoms with Crippen LogP contribution in [0.5, 0.6) is 0 Å². The van der Waals surface area contributed by atoms with Crippen LogP contribution in [0.2, 0.25) is 0 Å². The summed E-state index contributed by atoms with van der Waals surface area (Å²) in [6, 6.07) is 0. The molecule has 2 N–H and O–H groups in total. The predicted octanol–water partition coefficient (Wildman–Crippen LogP) is 2.21. The van der Waals surface area contributed by atoms with Gasteiger partial charge in [0.2, 0.25) is 5.78 Å². The Morgan fingerprint density at radius 3 is 2.12 bits per heavy atom. The molecule has 11 heteroatoms. The lowest BCUT2D eigenvalue weighted by molar-refractivity contribution is -0.221. The fourth-order valence-corrected chi connectivity index (χ4v) is 7.58. The number of hydrogen-bond acceptors (Lipinski definition) is 11. The maximum absolute atomic E-state index is 14.7. The number of carbonyl (C=O) groups is 5. The van der Waals surface area contributed by atoms with E-state index in [0.717, 1.165) is 6.92 Å². The van der Waals surface area contributed by atoms with Crippen LogP contribution in [0.25, 0.3) is 0 Å². The zero-order chi connectivity index (χ0) is 31.1. The molecule has 3 rings (SSSR count). The minimum absolute atomic E-state index is 0.0356. The van der Waals surface area contributed by atoms with Crippen molar-refractivity contribution in [1.29, 1.82) is 0 Å². The molecule has 41 heavy (non-hydrogen) atoms. The van der Waals surface area contributed by atoms with Crippen LogP contribution >= 0.6 is 0 Å². The van der Waals surface area contributed by atoms with Crippen LogP contribution in [-0.4, -0.2) is 76.0 Å². The number of aliphatic hydroxyl groups excluding tert-OH is 1. The molecule has 0 radical (unpaired) electrons. The maximum atomic E-state index is 14.7. The van der Waals surface area contributed by atoms with E-state index in [1.807, 2.05) is 0 Å². The van der Waals surface area contributed by atoms with E-state index >= 15 is 0 Å². The first-order valence-corrected chi connectivity index (χ1v) is 14.0. The topological polar surface area (TPSA) is 163 Å². The van der Waals surface area contributed by atoms with Crippen molar-refractivity contribution in [3.63, 3.8) is 0 Å². The molecular weight excluding hydrogens is 536 g/mol.